The second-order valence-corrected chi connectivity index (χ2v) is 8.17. The molecule has 0 bridgehead atoms. The molecular formula is C23H23N3O. The summed E-state index contributed by atoms with van der Waals surface area (Å²) < 4.78 is 1.67. The minimum absolute atomic E-state index is 0.0356. The molecule has 4 rings (SSSR count). The number of aromatic nitrogens is 3. The van der Waals surface area contributed by atoms with Gasteiger partial charge in [0.05, 0.1) is 11.0 Å². The Morgan fingerprint density at radius 1 is 1.00 bits per heavy atom. The van der Waals surface area contributed by atoms with Crippen LogP contribution in [0, 0.1) is 13.8 Å². The Bertz CT molecular complexity index is 1230. The predicted octanol–water partition coefficient (Wildman–Crippen LogP) is 4.82. The van der Waals surface area contributed by atoms with Crippen LogP contribution >= 0.6 is 0 Å². The van der Waals surface area contributed by atoms with E-state index in [2.05, 4.69) is 57.8 Å². The highest BCUT2D eigenvalue weighted by Crippen LogP contribution is 2.28. The first-order valence-corrected chi connectivity index (χ1v) is 9.15. The molecule has 3 aromatic heterocycles. The number of benzene rings is 1. The molecule has 1 aromatic carbocycles. The molecule has 0 saturated carbocycles. The molecule has 0 atom stereocenters. The zero-order valence-electron chi connectivity index (χ0n) is 16.4. The van der Waals surface area contributed by atoms with Crippen LogP contribution in [-0.4, -0.2) is 14.4 Å². The third-order valence-electron chi connectivity index (χ3n) is 5.10. The van der Waals surface area contributed by atoms with Gasteiger partial charge in [-0.05, 0) is 48.1 Å². The number of fused-ring (bicyclic) bond motifs is 3. The van der Waals surface area contributed by atoms with E-state index < -0.39 is 0 Å². The second kappa shape index (κ2) is 6.02. The van der Waals surface area contributed by atoms with Gasteiger partial charge in [0.15, 0.2) is 5.82 Å². The first-order chi connectivity index (χ1) is 12.8. The van der Waals surface area contributed by atoms with Crippen molar-refractivity contribution >= 4 is 16.4 Å². The topological polar surface area (TPSA) is 47.3 Å². The molecule has 4 heteroatoms. The third-order valence-corrected chi connectivity index (χ3v) is 5.10. The first kappa shape index (κ1) is 17.4. The Labute approximate surface area is 158 Å². The van der Waals surface area contributed by atoms with E-state index in [-0.39, 0.29) is 11.0 Å². The van der Waals surface area contributed by atoms with E-state index in [9.17, 15) is 4.79 Å². The van der Waals surface area contributed by atoms with Crippen molar-refractivity contribution < 1.29 is 0 Å². The quantitative estimate of drug-likeness (QED) is 0.459. The lowest BCUT2D eigenvalue weighted by Gasteiger charge is -2.19. The van der Waals surface area contributed by atoms with Crippen LogP contribution in [-0.2, 0) is 5.41 Å². The van der Waals surface area contributed by atoms with Gasteiger partial charge in [0.25, 0.3) is 5.56 Å². The molecule has 0 fully saturated rings. The van der Waals surface area contributed by atoms with Crippen molar-refractivity contribution in [2.45, 2.75) is 40.0 Å². The highest BCUT2D eigenvalue weighted by molar-refractivity contribution is 5.93. The molecule has 3 heterocycles. The molecule has 0 aliphatic heterocycles. The lowest BCUT2D eigenvalue weighted by Crippen LogP contribution is -2.19. The van der Waals surface area contributed by atoms with E-state index in [1.807, 2.05) is 18.3 Å². The summed E-state index contributed by atoms with van der Waals surface area (Å²) in [6.45, 7) is 10.5. The van der Waals surface area contributed by atoms with Gasteiger partial charge < -0.3 is 0 Å². The van der Waals surface area contributed by atoms with Gasteiger partial charge in [-0.15, -0.1) is 0 Å². The van der Waals surface area contributed by atoms with Crippen LogP contribution in [0.5, 0.6) is 0 Å². The van der Waals surface area contributed by atoms with E-state index in [0.29, 0.717) is 5.82 Å². The van der Waals surface area contributed by atoms with Crippen LogP contribution in [0.3, 0.4) is 0 Å². The first-order valence-electron chi connectivity index (χ1n) is 9.15. The van der Waals surface area contributed by atoms with Gasteiger partial charge in [0, 0.05) is 29.4 Å². The maximum Gasteiger partial charge on any atom is 0.255 e. The molecular weight excluding hydrogens is 334 g/mol. The second-order valence-electron chi connectivity index (χ2n) is 8.17. The van der Waals surface area contributed by atoms with Gasteiger partial charge in [0.1, 0.15) is 0 Å². The van der Waals surface area contributed by atoms with Gasteiger partial charge in [-0.1, -0.05) is 39.0 Å². The maximum absolute atomic E-state index is 12.7. The van der Waals surface area contributed by atoms with Crippen LogP contribution in [0.25, 0.3) is 27.8 Å². The van der Waals surface area contributed by atoms with E-state index >= 15 is 0 Å². The summed E-state index contributed by atoms with van der Waals surface area (Å²) in [7, 11) is 0. The molecule has 136 valence electrons. The Balaban J connectivity index is 2.09. The van der Waals surface area contributed by atoms with Gasteiger partial charge >= 0.3 is 0 Å². The van der Waals surface area contributed by atoms with Crippen LogP contribution in [0.1, 0.15) is 37.5 Å². The SMILES string of the molecule is Cc1cccc(C)c1-c1ncc2ccn3c(=O)cc(C(C)(C)C)cc3c2n1. The molecule has 0 amide bonds. The summed E-state index contributed by atoms with van der Waals surface area (Å²) in [4.78, 5) is 22.2. The molecule has 0 saturated heterocycles. The number of nitrogens with zero attached hydrogens (tertiary/aromatic N) is 3. The minimum Gasteiger partial charge on any atom is -0.282 e. The summed E-state index contributed by atoms with van der Waals surface area (Å²) in [6.07, 6.45) is 3.65. The standard InChI is InChI=1S/C23H23N3O/c1-14-7-6-8-15(2)20(14)22-24-13-16-9-10-26-18(21(16)25-22)11-17(12-19(26)27)23(3,4)5/h6-13H,1-5H3. The Morgan fingerprint density at radius 3 is 2.37 bits per heavy atom. The normalized spacial score (nSPS) is 12.0. The number of rotatable bonds is 1. The Hall–Kier alpha value is -3.01. The van der Waals surface area contributed by atoms with E-state index in [1.54, 1.807) is 16.7 Å². The van der Waals surface area contributed by atoms with Crippen LogP contribution in [0.2, 0.25) is 0 Å². The largest absolute Gasteiger partial charge is 0.282 e. The van der Waals surface area contributed by atoms with E-state index in [0.717, 1.165) is 38.7 Å². The van der Waals surface area contributed by atoms with Gasteiger partial charge in [-0.3, -0.25) is 9.20 Å². The minimum atomic E-state index is -0.113. The van der Waals surface area contributed by atoms with Crippen LogP contribution < -0.4 is 5.56 Å². The highest BCUT2D eigenvalue weighted by Gasteiger charge is 2.17. The summed E-state index contributed by atoms with van der Waals surface area (Å²) in [6, 6.07) is 11.9. The number of hydrogen-bond acceptors (Lipinski definition) is 3. The number of hydrogen-bond donors (Lipinski definition) is 0. The molecule has 0 N–H and O–H groups in total. The molecule has 0 aliphatic rings. The summed E-state index contributed by atoms with van der Waals surface area (Å²) in [5.41, 5.74) is 5.81. The highest BCUT2D eigenvalue weighted by atomic mass is 16.1. The van der Waals surface area contributed by atoms with Crippen molar-refractivity contribution in [3.63, 3.8) is 0 Å². The Morgan fingerprint density at radius 2 is 1.70 bits per heavy atom. The smallest absolute Gasteiger partial charge is 0.255 e. The van der Waals surface area contributed by atoms with Gasteiger partial charge in [-0.2, -0.15) is 0 Å². The summed E-state index contributed by atoms with van der Waals surface area (Å²) in [5, 5.41) is 0.926. The monoisotopic (exact) mass is 357 g/mol. The molecule has 0 aliphatic carbocycles. The average Bonchev–Trinajstić information content (AvgIpc) is 2.60. The van der Waals surface area contributed by atoms with Crippen LogP contribution in [0.15, 0.2) is 53.6 Å². The van der Waals surface area contributed by atoms with Gasteiger partial charge in [0.2, 0.25) is 0 Å². The fourth-order valence-corrected chi connectivity index (χ4v) is 3.51. The van der Waals surface area contributed by atoms with Crippen molar-refractivity contribution in [3.8, 4) is 11.4 Å². The van der Waals surface area contributed by atoms with Crippen molar-refractivity contribution in [2.24, 2.45) is 0 Å². The fraction of sp³-hybridized carbons (Fsp3) is 0.261. The fourth-order valence-electron chi connectivity index (χ4n) is 3.51. The maximum atomic E-state index is 12.7. The average molecular weight is 357 g/mol. The summed E-state index contributed by atoms with van der Waals surface area (Å²) in [5.74, 6) is 0.694. The van der Waals surface area contributed by atoms with E-state index in [4.69, 9.17) is 4.98 Å². The van der Waals surface area contributed by atoms with Crippen LogP contribution in [0.4, 0.5) is 0 Å². The van der Waals surface area contributed by atoms with Crippen molar-refractivity contribution in [1.82, 2.24) is 14.4 Å². The number of aryl methyl sites for hydroxylation is 2. The molecule has 0 unspecified atom stereocenters. The van der Waals surface area contributed by atoms with Crippen molar-refractivity contribution in [1.29, 1.82) is 0 Å². The third kappa shape index (κ3) is 2.91. The zero-order valence-corrected chi connectivity index (χ0v) is 16.4. The van der Waals surface area contributed by atoms with Crippen molar-refractivity contribution in [2.75, 3.05) is 0 Å². The number of pyridine rings is 2. The van der Waals surface area contributed by atoms with E-state index in [1.165, 1.54) is 0 Å². The van der Waals surface area contributed by atoms with Crippen molar-refractivity contribution in [3.05, 3.63) is 75.8 Å². The zero-order chi connectivity index (χ0) is 19.3. The van der Waals surface area contributed by atoms with Gasteiger partial charge in [-0.25, -0.2) is 9.97 Å². The lowest BCUT2D eigenvalue weighted by atomic mass is 9.87. The Kier molecular flexibility index (Phi) is 3.88. The predicted molar refractivity (Wildman–Crippen MR) is 110 cm³/mol. The molecule has 0 spiro atoms. The molecule has 27 heavy (non-hydrogen) atoms. The summed E-state index contributed by atoms with van der Waals surface area (Å²) >= 11 is 0. The molecule has 0 radical (unpaired) electrons. The molecule has 4 aromatic rings. The lowest BCUT2D eigenvalue weighted by molar-refractivity contribution is 0.589. The molecule has 4 nitrogen and oxygen atoms in total.